The molecule has 5 nitrogen and oxygen atoms in total. The van der Waals surface area contributed by atoms with Crippen molar-refractivity contribution in [1.29, 1.82) is 0 Å². The Morgan fingerprint density at radius 1 is 0.652 bits per heavy atom. The van der Waals surface area contributed by atoms with Gasteiger partial charge < -0.3 is 14.5 Å². The minimum Gasteiger partial charge on any atom is -0.457 e. The van der Waals surface area contributed by atoms with Crippen LogP contribution in [0.1, 0.15) is 31.9 Å². The third-order valence-electron chi connectivity index (χ3n) is 8.89. The predicted molar refractivity (Wildman–Crippen MR) is 190 cm³/mol. The average molecular weight is 601 g/mol. The van der Waals surface area contributed by atoms with E-state index in [0.29, 0.717) is 0 Å². The normalized spacial score (nSPS) is 13.0. The summed E-state index contributed by atoms with van der Waals surface area (Å²) in [5, 5.41) is 2.37. The van der Waals surface area contributed by atoms with Crippen LogP contribution in [0.3, 0.4) is 0 Å². The van der Waals surface area contributed by atoms with Gasteiger partial charge >= 0.3 is 0 Å². The van der Waals surface area contributed by atoms with Gasteiger partial charge in [-0.05, 0) is 65.1 Å². The van der Waals surface area contributed by atoms with Crippen molar-refractivity contribution in [3.05, 3.63) is 151 Å². The highest BCUT2D eigenvalue weighted by Crippen LogP contribution is 2.42. The first-order chi connectivity index (χ1) is 22.4. The van der Waals surface area contributed by atoms with E-state index in [-0.39, 0.29) is 5.41 Å². The van der Waals surface area contributed by atoms with E-state index in [4.69, 9.17) is 9.72 Å². The molecule has 5 heteroatoms. The van der Waals surface area contributed by atoms with Gasteiger partial charge in [0.15, 0.2) is 0 Å². The van der Waals surface area contributed by atoms with Gasteiger partial charge in [-0.25, -0.2) is 4.98 Å². The van der Waals surface area contributed by atoms with Crippen molar-refractivity contribution in [2.45, 2.75) is 32.7 Å². The quantitative estimate of drug-likeness (QED) is 0.190. The molecule has 0 bridgehead atoms. The van der Waals surface area contributed by atoms with Gasteiger partial charge in [0, 0.05) is 41.3 Å². The Bertz CT molecular complexity index is 2180. The zero-order valence-corrected chi connectivity index (χ0v) is 26.4. The number of hydrogen-bond donors (Lipinski definition) is 0. The van der Waals surface area contributed by atoms with Gasteiger partial charge in [0.1, 0.15) is 17.3 Å². The molecule has 1 aliphatic heterocycles. The monoisotopic (exact) mass is 600 g/mol. The summed E-state index contributed by atoms with van der Waals surface area (Å²) in [6.45, 7) is 8.26. The van der Waals surface area contributed by atoms with Gasteiger partial charge in [-0.1, -0.05) is 93.6 Å². The molecule has 0 saturated heterocycles. The lowest BCUT2D eigenvalue weighted by molar-refractivity contribution is 0.483. The molecule has 0 saturated carbocycles. The van der Waals surface area contributed by atoms with E-state index in [1.54, 1.807) is 0 Å². The summed E-state index contributed by atoms with van der Waals surface area (Å²) >= 11 is 0. The van der Waals surface area contributed by atoms with E-state index in [2.05, 4.69) is 163 Å². The highest BCUT2D eigenvalue weighted by atomic mass is 16.5. The van der Waals surface area contributed by atoms with Gasteiger partial charge in [0.05, 0.1) is 29.1 Å². The molecule has 0 N–H and O–H groups in total. The minimum atomic E-state index is 0.0409. The average Bonchev–Trinajstić information content (AvgIpc) is 3.60. The van der Waals surface area contributed by atoms with E-state index in [9.17, 15) is 0 Å². The van der Waals surface area contributed by atoms with Crippen molar-refractivity contribution in [3.63, 3.8) is 0 Å². The van der Waals surface area contributed by atoms with E-state index in [1.807, 2.05) is 12.3 Å². The number of nitrogens with zero attached hydrogens (tertiary/aromatic N) is 4. The first kappa shape index (κ1) is 28.0. The van der Waals surface area contributed by atoms with Crippen molar-refractivity contribution >= 4 is 38.9 Å². The lowest BCUT2D eigenvalue weighted by atomic mass is 9.88. The largest absolute Gasteiger partial charge is 0.457 e. The fourth-order valence-electron chi connectivity index (χ4n) is 6.52. The second-order valence-electron chi connectivity index (χ2n) is 13.0. The van der Waals surface area contributed by atoms with Crippen molar-refractivity contribution in [3.8, 4) is 17.3 Å². The molecule has 1 aliphatic rings. The zero-order chi connectivity index (χ0) is 31.3. The maximum atomic E-state index is 6.57. The molecule has 46 heavy (non-hydrogen) atoms. The Balaban J connectivity index is 1.13. The molecule has 226 valence electrons. The Morgan fingerprint density at radius 2 is 1.39 bits per heavy atom. The third-order valence-corrected chi connectivity index (χ3v) is 8.89. The van der Waals surface area contributed by atoms with Crippen LogP contribution in [0, 0.1) is 0 Å². The second kappa shape index (κ2) is 11.1. The van der Waals surface area contributed by atoms with Gasteiger partial charge in [-0.15, -0.1) is 0 Å². The number of fused-ring (bicyclic) bond motifs is 4. The third kappa shape index (κ3) is 5.04. The summed E-state index contributed by atoms with van der Waals surface area (Å²) in [6, 6.07) is 46.9. The van der Waals surface area contributed by atoms with E-state index < -0.39 is 0 Å². The Labute approximate surface area is 269 Å². The second-order valence-corrected chi connectivity index (χ2v) is 13.0. The molecular formula is C41H36N4O. The fourth-order valence-corrected chi connectivity index (χ4v) is 6.52. The maximum absolute atomic E-state index is 6.57. The van der Waals surface area contributed by atoms with Crippen LogP contribution in [0.25, 0.3) is 27.6 Å². The summed E-state index contributed by atoms with van der Waals surface area (Å²) in [4.78, 5) is 9.70. The summed E-state index contributed by atoms with van der Waals surface area (Å²) in [6.07, 6.45) is 2.00. The molecule has 0 amide bonds. The van der Waals surface area contributed by atoms with E-state index in [1.165, 1.54) is 33.3 Å². The van der Waals surface area contributed by atoms with Crippen LogP contribution in [0.15, 0.2) is 140 Å². The summed E-state index contributed by atoms with van der Waals surface area (Å²) in [5.74, 6) is 2.48. The van der Waals surface area contributed by atoms with Crippen molar-refractivity contribution < 1.29 is 4.74 Å². The number of para-hydroxylation sites is 3. The van der Waals surface area contributed by atoms with Crippen molar-refractivity contribution in [2.75, 3.05) is 16.5 Å². The highest BCUT2D eigenvalue weighted by Gasteiger charge is 2.27. The summed E-state index contributed by atoms with van der Waals surface area (Å²) in [5.41, 5.74) is 8.27. The maximum Gasteiger partial charge on any atom is 0.137 e. The van der Waals surface area contributed by atoms with Crippen LogP contribution < -0.4 is 14.5 Å². The Kier molecular flexibility index (Phi) is 6.75. The van der Waals surface area contributed by atoms with Gasteiger partial charge in [-0.3, -0.25) is 4.57 Å². The molecular weight excluding hydrogens is 564 g/mol. The number of ether oxygens (including phenoxy) is 1. The molecule has 7 aromatic rings. The van der Waals surface area contributed by atoms with Gasteiger partial charge in [0.2, 0.25) is 0 Å². The lowest BCUT2D eigenvalue weighted by Crippen LogP contribution is -2.27. The van der Waals surface area contributed by atoms with Crippen LogP contribution in [0.5, 0.6) is 11.5 Å². The predicted octanol–water partition coefficient (Wildman–Crippen LogP) is 10.4. The molecule has 8 rings (SSSR count). The van der Waals surface area contributed by atoms with Crippen LogP contribution in [0.4, 0.5) is 17.1 Å². The van der Waals surface area contributed by atoms with Crippen LogP contribution >= 0.6 is 0 Å². The van der Waals surface area contributed by atoms with Crippen LogP contribution in [0.2, 0.25) is 0 Å². The van der Waals surface area contributed by atoms with Crippen LogP contribution in [-0.2, 0) is 12.0 Å². The minimum absolute atomic E-state index is 0.0409. The van der Waals surface area contributed by atoms with Crippen molar-refractivity contribution in [1.82, 2.24) is 9.55 Å². The smallest absolute Gasteiger partial charge is 0.137 e. The number of hydrogen-bond acceptors (Lipinski definition) is 4. The Hall–Kier alpha value is -5.55. The fraction of sp³-hybridized carbons (Fsp3) is 0.146. The molecule has 3 heterocycles. The Morgan fingerprint density at radius 3 is 2.20 bits per heavy atom. The molecule has 5 aromatic carbocycles. The SMILES string of the molecule is CC(C)(C)c1ccc(-n2c3ccccc3c3ccc(Oc4cccc(N5CN(Cc6ccccc6)c6ccccc65)c4)cc32)nc1. The first-order valence-electron chi connectivity index (χ1n) is 15.9. The number of rotatable bonds is 6. The molecule has 0 radical (unpaired) electrons. The molecule has 0 fully saturated rings. The summed E-state index contributed by atoms with van der Waals surface area (Å²) in [7, 11) is 0. The molecule has 2 aromatic heterocycles. The molecule has 0 atom stereocenters. The van der Waals surface area contributed by atoms with Gasteiger partial charge in [-0.2, -0.15) is 0 Å². The van der Waals surface area contributed by atoms with E-state index in [0.717, 1.165) is 47.3 Å². The van der Waals surface area contributed by atoms with E-state index >= 15 is 0 Å². The number of benzene rings is 5. The molecule has 0 unspecified atom stereocenters. The molecule has 0 spiro atoms. The number of pyridine rings is 1. The van der Waals surface area contributed by atoms with Gasteiger partial charge in [0.25, 0.3) is 0 Å². The highest BCUT2D eigenvalue weighted by molar-refractivity contribution is 6.09. The first-order valence-corrected chi connectivity index (χ1v) is 15.9. The topological polar surface area (TPSA) is 33.5 Å². The lowest BCUT2D eigenvalue weighted by Gasteiger charge is -2.22. The van der Waals surface area contributed by atoms with Crippen molar-refractivity contribution in [2.24, 2.45) is 0 Å². The number of anilines is 3. The zero-order valence-electron chi connectivity index (χ0n) is 26.4. The summed E-state index contributed by atoms with van der Waals surface area (Å²) < 4.78 is 8.81. The van der Waals surface area contributed by atoms with Crippen LogP contribution in [-0.4, -0.2) is 16.2 Å². The molecule has 0 aliphatic carbocycles. The standard InChI is InChI=1S/C41H36N4O/c1-41(2,3)30-20-23-40(42-26-30)45-36-17-8-7-16-34(36)35-22-21-33(25-39(35)45)46-32-15-11-14-31(24-32)44-28-43(27-29-12-5-4-6-13-29)37-18-9-10-19-38(37)44/h4-26H,27-28H2,1-3H3. The number of aromatic nitrogens is 2.